The third-order valence-corrected chi connectivity index (χ3v) is 4.52. The predicted octanol–water partition coefficient (Wildman–Crippen LogP) is 1.46. The highest BCUT2D eigenvalue weighted by Crippen LogP contribution is 2.37. The quantitative estimate of drug-likeness (QED) is 0.795. The van der Waals surface area contributed by atoms with Crippen LogP contribution in [0.1, 0.15) is 41.2 Å². The molecule has 1 aromatic rings. The average molecular weight is 298 g/mol. The summed E-state index contributed by atoms with van der Waals surface area (Å²) in [5.41, 5.74) is -0.203. The molecule has 110 valence electrons. The van der Waals surface area contributed by atoms with Crippen molar-refractivity contribution in [3.63, 3.8) is 0 Å². The number of aromatic nitrogens is 1. The van der Waals surface area contributed by atoms with E-state index in [9.17, 15) is 9.59 Å². The molecule has 0 radical (unpaired) electrons. The van der Waals surface area contributed by atoms with E-state index in [1.165, 1.54) is 16.7 Å². The first-order valence-corrected chi connectivity index (χ1v) is 7.42. The normalized spacial score (nSPS) is 16.4. The van der Waals surface area contributed by atoms with E-state index < -0.39 is 5.97 Å². The van der Waals surface area contributed by atoms with Crippen LogP contribution in [0.15, 0.2) is 5.38 Å². The highest BCUT2D eigenvalue weighted by Gasteiger charge is 2.38. The summed E-state index contributed by atoms with van der Waals surface area (Å²) in [7, 11) is 1.65. The van der Waals surface area contributed by atoms with Gasteiger partial charge in [-0.05, 0) is 19.3 Å². The molecule has 0 unspecified atom stereocenters. The number of nitrogens with zero attached hydrogens (tertiary/aromatic N) is 1. The maximum atomic E-state index is 11.8. The van der Waals surface area contributed by atoms with Crippen LogP contribution in [0.5, 0.6) is 0 Å². The number of methoxy groups -OCH3 is 1. The number of carboxylic acid groups (broad SMARTS) is 1. The maximum absolute atomic E-state index is 11.8. The summed E-state index contributed by atoms with van der Waals surface area (Å²) in [6, 6.07) is 0. The highest BCUT2D eigenvalue weighted by atomic mass is 32.1. The van der Waals surface area contributed by atoms with Crippen LogP contribution < -0.4 is 5.32 Å². The van der Waals surface area contributed by atoms with Gasteiger partial charge in [0.15, 0.2) is 5.69 Å². The average Bonchev–Trinajstić information content (AvgIpc) is 2.83. The second-order valence-electron chi connectivity index (χ2n) is 4.95. The lowest BCUT2D eigenvalue weighted by molar-refractivity contribution is -0.134. The number of carboxylic acids is 1. The van der Waals surface area contributed by atoms with Gasteiger partial charge in [0.25, 0.3) is 0 Å². The van der Waals surface area contributed by atoms with Crippen LogP contribution in [0, 0.1) is 0 Å². The molecule has 1 aliphatic carbocycles. The number of amides is 1. The van der Waals surface area contributed by atoms with Gasteiger partial charge < -0.3 is 15.2 Å². The van der Waals surface area contributed by atoms with Crippen LogP contribution in [0.4, 0.5) is 0 Å². The van der Waals surface area contributed by atoms with Crippen molar-refractivity contribution in [1.82, 2.24) is 10.3 Å². The number of nitrogens with one attached hydrogen (secondary N) is 1. The van der Waals surface area contributed by atoms with E-state index in [-0.39, 0.29) is 17.2 Å². The van der Waals surface area contributed by atoms with Crippen molar-refractivity contribution in [1.29, 1.82) is 0 Å². The van der Waals surface area contributed by atoms with E-state index in [0.717, 1.165) is 19.3 Å². The van der Waals surface area contributed by atoms with Crippen molar-refractivity contribution >= 4 is 23.2 Å². The summed E-state index contributed by atoms with van der Waals surface area (Å²) in [5.74, 6) is -1.05. The minimum absolute atomic E-state index is 0.0263. The van der Waals surface area contributed by atoms with Crippen LogP contribution in [0.2, 0.25) is 0 Å². The highest BCUT2D eigenvalue weighted by molar-refractivity contribution is 7.09. The molecule has 1 saturated carbocycles. The third-order valence-electron chi connectivity index (χ3n) is 3.61. The van der Waals surface area contributed by atoms with Gasteiger partial charge in [-0.25, -0.2) is 9.78 Å². The Labute approximate surface area is 121 Å². The fraction of sp³-hybridized carbons (Fsp3) is 0.615. The summed E-state index contributed by atoms with van der Waals surface area (Å²) in [6.45, 7) is 0.463. The number of thiazole rings is 1. The van der Waals surface area contributed by atoms with Gasteiger partial charge in [0.05, 0.1) is 17.0 Å². The van der Waals surface area contributed by atoms with E-state index in [1.54, 1.807) is 7.11 Å². The maximum Gasteiger partial charge on any atom is 0.355 e. The fourth-order valence-electron chi connectivity index (χ4n) is 2.21. The zero-order valence-corrected chi connectivity index (χ0v) is 12.2. The lowest BCUT2D eigenvalue weighted by Crippen LogP contribution is -2.44. The summed E-state index contributed by atoms with van der Waals surface area (Å²) in [6.07, 6.45) is 3.92. The molecule has 1 aliphatic rings. The molecular formula is C13H18N2O4S. The van der Waals surface area contributed by atoms with Gasteiger partial charge >= 0.3 is 5.97 Å². The fourth-order valence-corrected chi connectivity index (χ4v) is 2.98. The molecule has 0 spiro atoms. The standard InChI is InChI=1S/C13H18N2O4S/c1-19-13(4-2-5-13)7-10(16)14-6-3-11-15-9(8-20-11)12(17)18/h8H,2-7H2,1H3,(H,14,16)(H,17,18). The minimum atomic E-state index is -1.02. The number of carbonyl (C=O) groups excluding carboxylic acids is 1. The molecule has 2 N–H and O–H groups in total. The zero-order valence-electron chi connectivity index (χ0n) is 11.3. The lowest BCUT2D eigenvalue weighted by atomic mass is 9.77. The number of hydrogen-bond acceptors (Lipinski definition) is 5. The van der Waals surface area contributed by atoms with Crippen molar-refractivity contribution in [2.24, 2.45) is 0 Å². The van der Waals surface area contributed by atoms with E-state index >= 15 is 0 Å². The number of hydrogen-bond donors (Lipinski definition) is 2. The van der Waals surface area contributed by atoms with Crippen LogP contribution in [-0.4, -0.2) is 41.2 Å². The van der Waals surface area contributed by atoms with Gasteiger partial charge in [-0.2, -0.15) is 0 Å². The summed E-state index contributed by atoms with van der Waals surface area (Å²) < 4.78 is 5.40. The van der Waals surface area contributed by atoms with Crippen molar-refractivity contribution in [2.45, 2.75) is 37.7 Å². The smallest absolute Gasteiger partial charge is 0.355 e. The predicted molar refractivity (Wildman–Crippen MR) is 74.0 cm³/mol. The Kier molecular flexibility index (Phi) is 4.72. The Balaban J connectivity index is 1.72. The van der Waals surface area contributed by atoms with Crippen LogP contribution in [-0.2, 0) is 16.0 Å². The molecule has 0 saturated heterocycles. The lowest BCUT2D eigenvalue weighted by Gasteiger charge is -2.39. The molecule has 2 rings (SSSR count). The molecule has 20 heavy (non-hydrogen) atoms. The largest absolute Gasteiger partial charge is 0.476 e. The zero-order chi connectivity index (χ0) is 14.6. The minimum Gasteiger partial charge on any atom is -0.476 e. The molecule has 1 aromatic heterocycles. The van der Waals surface area contributed by atoms with E-state index in [0.29, 0.717) is 24.4 Å². The molecule has 7 heteroatoms. The Hall–Kier alpha value is -1.47. The molecule has 0 aromatic carbocycles. The van der Waals surface area contributed by atoms with Crippen molar-refractivity contribution in [2.75, 3.05) is 13.7 Å². The van der Waals surface area contributed by atoms with Gasteiger partial charge in [0.1, 0.15) is 0 Å². The first-order chi connectivity index (χ1) is 9.54. The molecule has 1 amide bonds. The van der Waals surface area contributed by atoms with Gasteiger partial charge in [0.2, 0.25) is 5.91 Å². The first-order valence-electron chi connectivity index (χ1n) is 6.54. The third kappa shape index (κ3) is 3.55. The van der Waals surface area contributed by atoms with Crippen LogP contribution >= 0.6 is 11.3 Å². The van der Waals surface area contributed by atoms with Gasteiger partial charge in [-0.15, -0.1) is 11.3 Å². The second kappa shape index (κ2) is 6.32. The Bertz CT molecular complexity index is 491. The van der Waals surface area contributed by atoms with Crippen LogP contribution in [0.3, 0.4) is 0 Å². The number of rotatable bonds is 7. The van der Waals surface area contributed by atoms with Gasteiger partial charge in [-0.1, -0.05) is 0 Å². The Morgan fingerprint density at radius 2 is 2.30 bits per heavy atom. The van der Waals surface area contributed by atoms with Gasteiger partial charge in [0, 0.05) is 25.5 Å². The molecule has 0 atom stereocenters. The summed E-state index contributed by atoms with van der Waals surface area (Å²) >= 11 is 1.29. The van der Waals surface area contributed by atoms with Crippen molar-refractivity contribution < 1.29 is 19.4 Å². The van der Waals surface area contributed by atoms with Gasteiger partial charge in [-0.3, -0.25) is 4.79 Å². The monoisotopic (exact) mass is 298 g/mol. The molecule has 1 fully saturated rings. The van der Waals surface area contributed by atoms with E-state index in [2.05, 4.69) is 10.3 Å². The van der Waals surface area contributed by atoms with E-state index in [1.807, 2.05) is 0 Å². The molecule has 1 heterocycles. The summed E-state index contributed by atoms with van der Waals surface area (Å²) in [4.78, 5) is 26.5. The summed E-state index contributed by atoms with van der Waals surface area (Å²) in [5, 5.41) is 13.8. The Morgan fingerprint density at radius 3 is 2.80 bits per heavy atom. The molecule has 0 aliphatic heterocycles. The number of carbonyl (C=O) groups is 2. The molecule has 0 bridgehead atoms. The van der Waals surface area contributed by atoms with Crippen molar-refractivity contribution in [3.8, 4) is 0 Å². The first kappa shape index (κ1) is 14.9. The number of aromatic carboxylic acids is 1. The SMILES string of the molecule is COC1(CC(=O)NCCc2nc(C(=O)O)cs2)CCC1. The Morgan fingerprint density at radius 1 is 1.55 bits per heavy atom. The second-order valence-corrected chi connectivity index (χ2v) is 5.89. The van der Waals surface area contributed by atoms with E-state index in [4.69, 9.17) is 9.84 Å². The molecular weight excluding hydrogens is 280 g/mol. The van der Waals surface area contributed by atoms with Crippen LogP contribution in [0.25, 0.3) is 0 Å². The van der Waals surface area contributed by atoms with Crippen molar-refractivity contribution in [3.05, 3.63) is 16.1 Å². The topological polar surface area (TPSA) is 88.5 Å². The molecule has 6 nitrogen and oxygen atoms in total. The number of ether oxygens (including phenoxy) is 1.